The second-order valence-electron chi connectivity index (χ2n) is 7.78. The summed E-state index contributed by atoms with van der Waals surface area (Å²) in [4.78, 5) is 12.1. The van der Waals surface area contributed by atoms with Gasteiger partial charge >= 0.3 is 0 Å². The molecule has 3 aliphatic rings. The molecular weight excluding hydrogens is 236 g/mol. The molecule has 0 aliphatic heterocycles. The number of nitrogens with two attached hydrogens (primary N) is 1. The highest BCUT2D eigenvalue weighted by atomic mass is 16.1. The Bertz CT molecular complexity index is 350. The third-order valence-electron chi connectivity index (χ3n) is 5.91. The van der Waals surface area contributed by atoms with Crippen molar-refractivity contribution in [1.29, 1.82) is 0 Å². The molecule has 3 nitrogen and oxygen atoms in total. The number of hydrogen-bond acceptors (Lipinski definition) is 2. The lowest BCUT2D eigenvalue weighted by Crippen LogP contribution is -2.31. The van der Waals surface area contributed by atoms with Crippen LogP contribution < -0.4 is 11.1 Å². The van der Waals surface area contributed by atoms with E-state index in [2.05, 4.69) is 19.2 Å². The van der Waals surface area contributed by atoms with Gasteiger partial charge in [-0.3, -0.25) is 4.79 Å². The summed E-state index contributed by atoms with van der Waals surface area (Å²) in [5.74, 6) is 3.84. The van der Waals surface area contributed by atoms with Gasteiger partial charge in [-0.1, -0.05) is 13.8 Å². The van der Waals surface area contributed by atoms with Gasteiger partial charge in [0.25, 0.3) is 0 Å². The Morgan fingerprint density at radius 3 is 2.42 bits per heavy atom. The summed E-state index contributed by atoms with van der Waals surface area (Å²) < 4.78 is 0. The predicted molar refractivity (Wildman–Crippen MR) is 76.4 cm³/mol. The van der Waals surface area contributed by atoms with Gasteiger partial charge in [-0.25, -0.2) is 0 Å². The minimum absolute atomic E-state index is 0.199. The Labute approximate surface area is 116 Å². The van der Waals surface area contributed by atoms with Crippen molar-refractivity contribution >= 4 is 5.91 Å². The molecule has 0 radical (unpaired) electrons. The maximum atomic E-state index is 12.1. The molecule has 0 aromatic carbocycles. The van der Waals surface area contributed by atoms with Crippen molar-refractivity contribution in [3.8, 4) is 0 Å². The van der Waals surface area contributed by atoms with E-state index < -0.39 is 0 Å². The van der Waals surface area contributed by atoms with E-state index in [1.165, 1.54) is 19.3 Å². The summed E-state index contributed by atoms with van der Waals surface area (Å²) in [5, 5.41) is 3.30. The minimum Gasteiger partial charge on any atom is -0.353 e. The van der Waals surface area contributed by atoms with E-state index in [0.717, 1.165) is 36.5 Å². The van der Waals surface area contributed by atoms with E-state index in [1.807, 2.05) is 0 Å². The van der Waals surface area contributed by atoms with E-state index in [9.17, 15) is 4.79 Å². The zero-order chi connectivity index (χ0) is 13.6. The van der Waals surface area contributed by atoms with Crippen molar-refractivity contribution < 1.29 is 4.79 Å². The topological polar surface area (TPSA) is 55.1 Å². The Morgan fingerprint density at radius 1 is 1.21 bits per heavy atom. The van der Waals surface area contributed by atoms with Crippen molar-refractivity contribution in [3.63, 3.8) is 0 Å². The van der Waals surface area contributed by atoms with Crippen LogP contribution in [0.25, 0.3) is 0 Å². The Morgan fingerprint density at radius 2 is 1.84 bits per heavy atom. The standard InChI is InChI=1S/C16H28N2O/c1-16(2,7-8-17)6-5-12(19)18-15-13-10-3-4-11(9-10)14(13)15/h10-11,13-15H,3-9,17H2,1-2H3,(H,18,19). The normalized spacial score (nSPS) is 39.2. The minimum atomic E-state index is 0.199. The van der Waals surface area contributed by atoms with E-state index in [0.29, 0.717) is 19.0 Å². The average molecular weight is 264 g/mol. The van der Waals surface area contributed by atoms with Gasteiger partial charge in [-0.2, -0.15) is 0 Å². The quantitative estimate of drug-likeness (QED) is 0.773. The van der Waals surface area contributed by atoms with Crippen molar-refractivity contribution in [1.82, 2.24) is 5.32 Å². The van der Waals surface area contributed by atoms with Crippen LogP contribution in [0.2, 0.25) is 0 Å². The number of carbonyl (C=O) groups is 1. The molecule has 3 rings (SSSR count). The second-order valence-corrected chi connectivity index (χ2v) is 7.78. The Balaban J connectivity index is 1.41. The maximum absolute atomic E-state index is 12.1. The van der Waals surface area contributed by atoms with Crippen molar-refractivity contribution in [2.24, 2.45) is 34.8 Å². The molecule has 0 saturated heterocycles. The van der Waals surface area contributed by atoms with Crippen LogP contribution in [0.4, 0.5) is 0 Å². The van der Waals surface area contributed by atoms with Crippen LogP contribution >= 0.6 is 0 Å². The van der Waals surface area contributed by atoms with Gasteiger partial charge < -0.3 is 11.1 Å². The average Bonchev–Trinajstić information content (AvgIpc) is 2.74. The monoisotopic (exact) mass is 264 g/mol. The van der Waals surface area contributed by atoms with Gasteiger partial charge in [0.1, 0.15) is 0 Å². The lowest BCUT2D eigenvalue weighted by molar-refractivity contribution is -0.122. The molecule has 108 valence electrons. The molecule has 2 bridgehead atoms. The summed E-state index contributed by atoms with van der Waals surface area (Å²) in [6, 6.07) is 0.538. The van der Waals surface area contributed by atoms with Crippen LogP contribution in [0.5, 0.6) is 0 Å². The van der Waals surface area contributed by atoms with Crippen molar-refractivity contribution in [2.45, 2.75) is 58.4 Å². The molecule has 4 atom stereocenters. The predicted octanol–water partition coefficient (Wildman–Crippen LogP) is 2.30. The van der Waals surface area contributed by atoms with Crippen LogP contribution in [0.1, 0.15) is 52.4 Å². The zero-order valence-electron chi connectivity index (χ0n) is 12.3. The molecule has 3 fully saturated rings. The highest BCUT2D eigenvalue weighted by Crippen LogP contribution is 2.65. The van der Waals surface area contributed by atoms with E-state index in [1.54, 1.807) is 0 Å². The van der Waals surface area contributed by atoms with Gasteiger partial charge in [-0.05, 0) is 67.7 Å². The van der Waals surface area contributed by atoms with Crippen LogP contribution in [-0.4, -0.2) is 18.5 Å². The van der Waals surface area contributed by atoms with Gasteiger partial charge in [0.2, 0.25) is 5.91 Å². The molecule has 3 aliphatic carbocycles. The van der Waals surface area contributed by atoms with Crippen LogP contribution in [0.3, 0.4) is 0 Å². The molecule has 19 heavy (non-hydrogen) atoms. The number of nitrogens with one attached hydrogen (secondary N) is 1. The van der Waals surface area contributed by atoms with E-state index >= 15 is 0 Å². The van der Waals surface area contributed by atoms with Gasteiger partial charge in [0.05, 0.1) is 0 Å². The first-order chi connectivity index (χ1) is 9.02. The molecule has 3 saturated carbocycles. The van der Waals surface area contributed by atoms with Crippen LogP contribution in [0, 0.1) is 29.1 Å². The van der Waals surface area contributed by atoms with Crippen LogP contribution in [-0.2, 0) is 4.79 Å². The Hall–Kier alpha value is -0.570. The summed E-state index contributed by atoms with van der Waals surface area (Å²) in [5.41, 5.74) is 5.81. The van der Waals surface area contributed by atoms with Crippen molar-refractivity contribution in [2.75, 3.05) is 6.54 Å². The molecule has 3 N–H and O–H groups in total. The third kappa shape index (κ3) is 2.54. The molecule has 4 unspecified atom stereocenters. The first-order valence-electron chi connectivity index (χ1n) is 8.01. The number of rotatable bonds is 6. The van der Waals surface area contributed by atoms with Gasteiger partial charge in [0.15, 0.2) is 0 Å². The lowest BCUT2D eigenvalue weighted by Gasteiger charge is -2.23. The maximum Gasteiger partial charge on any atom is 0.220 e. The molecule has 0 heterocycles. The molecule has 3 heteroatoms. The smallest absolute Gasteiger partial charge is 0.220 e. The summed E-state index contributed by atoms with van der Waals surface area (Å²) in [6.07, 6.45) is 6.90. The van der Waals surface area contributed by atoms with Gasteiger partial charge in [-0.15, -0.1) is 0 Å². The first-order valence-corrected chi connectivity index (χ1v) is 8.01. The summed E-state index contributed by atoms with van der Waals surface area (Å²) >= 11 is 0. The second kappa shape index (κ2) is 4.76. The number of fused-ring (bicyclic) bond motifs is 5. The van der Waals surface area contributed by atoms with E-state index in [-0.39, 0.29) is 11.3 Å². The lowest BCUT2D eigenvalue weighted by atomic mass is 9.84. The highest BCUT2D eigenvalue weighted by molar-refractivity contribution is 5.76. The number of amides is 1. The number of carbonyl (C=O) groups excluding carboxylic acids is 1. The molecule has 0 aromatic rings. The first kappa shape index (κ1) is 13.4. The fourth-order valence-electron chi connectivity index (χ4n) is 4.74. The zero-order valence-corrected chi connectivity index (χ0v) is 12.3. The molecule has 0 spiro atoms. The third-order valence-corrected chi connectivity index (χ3v) is 5.91. The summed E-state index contributed by atoms with van der Waals surface area (Å²) in [7, 11) is 0. The van der Waals surface area contributed by atoms with Crippen LogP contribution in [0.15, 0.2) is 0 Å². The molecular formula is C16H28N2O. The SMILES string of the molecule is CC(C)(CCN)CCC(=O)NC1C2C3CCC(C3)C12. The Kier molecular flexibility index (Phi) is 3.36. The summed E-state index contributed by atoms with van der Waals surface area (Å²) in [6.45, 7) is 5.13. The highest BCUT2D eigenvalue weighted by Gasteiger charge is 2.65. The fraction of sp³-hybridized carbons (Fsp3) is 0.938. The largest absolute Gasteiger partial charge is 0.353 e. The van der Waals surface area contributed by atoms with Crippen molar-refractivity contribution in [3.05, 3.63) is 0 Å². The molecule has 1 amide bonds. The number of hydrogen-bond donors (Lipinski definition) is 2. The fourth-order valence-corrected chi connectivity index (χ4v) is 4.74. The van der Waals surface area contributed by atoms with Gasteiger partial charge in [0, 0.05) is 12.5 Å². The molecule has 0 aromatic heterocycles. The van der Waals surface area contributed by atoms with E-state index in [4.69, 9.17) is 5.73 Å².